The fraction of sp³-hybridized carbons (Fsp3) is 0.500. The Hall–Kier alpha value is -2.70. The Morgan fingerprint density at radius 1 is 1.23 bits per heavy atom. The molecule has 3 aliphatic rings. The molecule has 0 amide bonds. The summed E-state index contributed by atoms with van der Waals surface area (Å²) < 4.78 is 53.6. The minimum Gasteiger partial charge on any atom is -0.494 e. The third kappa shape index (κ3) is 2.78. The van der Waals surface area contributed by atoms with Crippen molar-refractivity contribution in [2.45, 2.75) is 56.6 Å². The highest BCUT2D eigenvalue weighted by Gasteiger charge is 2.65. The van der Waals surface area contributed by atoms with Crippen LogP contribution in [-0.4, -0.2) is 27.5 Å². The van der Waals surface area contributed by atoms with E-state index in [0.717, 1.165) is 29.5 Å². The maximum Gasteiger partial charge on any atom is 0.417 e. The molecule has 0 spiro atoms. The van der Waals surface area contributed by atoms with E-state index in [-0.39, 0.29) is 17.7 Å². The topological polar surface area (TPSA) is 87.6 Å². The number of nitrogens with zero attached hydrogens (tertiary/aromatic N) is 2. The molecule has 0 unspecified atom stereocenters. The van der Waals surface area contributed by atoms with Gasteiger partial charge in [0.25, 0.3) is 0 Å². The van der Waals surface area contributed by atoms with Crippen molar-refractivity contribution in [2.24, 2.45) is 5.92 Å². The van der Waals surface area contributed by atoms with Crippen molar-refractivity contribution in [1.82, 2.24) is 4.57 Å². The van der Waals surface area contributed by atoms with Crippen LogP contribution in [0.5, 0.6) is 11.8 Å². The molecule has 2 aliphatic heterocycles. The predicted molar refractivity (Wildman–Crippen MR) is 102 cm³/mol. The van der Waals surface area contributed by atoms with Gasteiger partial charge in [-0.05, 0) is 50.8 Å². The van der Waals surface area contributed by atoms with Gasteiger partial charge in [-0.3, -0.25) is 4.57 Å². The van der Waals surface area contributed by atoms with Crippen LogP contribution in [0.2, 0.25) is 0 Å². The Morgan fingerprint density at radius 2 is 1.90 bits per heavy atom. The Kier molecular flexibility index (Phi) is 4.03. The molecule has 5 rings (SSSR count). The van der Waals surface area contributed by atoms with Crippen LogP contribution in [0.3, 0.4) is 0 Å². The standard InChI is InChI=1S/C22H21F3N2O4/c1-20-8-15(30-10-11-3-4-11)21(2,31-20)17-16(20)18(28)27(19(17)29)13-6-5-12(9-26)14(7-13)22(23,24)25/h5-7,11,15,28-29H,3-4,8,10H2,1-2H3/t15-,20+,21-/m1/s1. The van der Waals surface area contributed by atoms with Gasteiger partial charge in [-0.25, -0.2) is 0 Å². The largest absolute Gasteiger partial charge is 0.494 e. The maximum absolute atomic E-state index is 13.4. The van der Waals surface area contributed by atoms with Crippen LogP contribution in [0.1, 0.15) is 55.4 Å². The van der Waals surface area contributed by atoms with Crippen molar-refractivity contribution < 1.29 is 32.9 Å². The van der Waals surface area contributed by atoms with Crippen LogP contribution in [0.4, 0.5) is 13.2 Å². The van der Waals surface area contributed by atoms with E-state index in [0.29, 0.717) is 30.1 Å². The number of halogens is 3. The summed E-state index contributed by atoms with van der Waals surface area (Å²) in [6, 6.07) is 4.57. The number of aromatic nitrogens is 1. The summed E-state index contributed by atoms with van der Waals surface area (Å²) in [6.07, 6.45) is -2.41. The van der Waals surface area contributed by atoms with E-state index < -0.39 is 34.4 Å². The second-order valence-electron chi connectivity index (χ2n) is 8.98. The molecular weight excluding hydrogens is 413 g/mol. The van der Waals surface area contributed by atoms with E-state index in [1.165, 1.54) is 12.1 Å². The molecule has 164 valence electrons. The fourth-order valence-electron chi connectivity index (χ4n) is 5.01. The number of ether oxygens (including phenoxy) is 2. The number of aromatic hydroxyl groups is 2. The minimum absolute atomic E-state index is 0.0993. The lowest BCUT2D eigenvalue weighted by Gasteiger charge is -2.29. The van der Waals surface area contributed by atoms with Crippen molar-refractivity contribution in [2.75, 3.05) is 6.61 Å². The van der Waals surface area contributed by atoms with Gasteiger partial charge in [-0.2, -0.15) is 18.4 Å². The van der Waals surface area contributed by atoms with Gasteiger partial charge in [0.1, 0.15) is 5.60 Å². The molecule has 2 fully saturated rings. The molecule has 2 bridgehead atoms. The molecule has 1 saturated heterocycles. The molecule has 1 saturated carbocycles. The third-order valence-corrected chi connectivity index (χ3v) is 6.69. The lowest BCUT2D eigenvalue weighted by molar-refractivity contribution is -0.137. The molecule has 3 heterocycles. The molecule has 3 atom stereocenters. The Bertz CT molecular complexity index is 1130. The van der Waals surface area contributed by atoms with Gasteiger partial charge in [-0.1, -0.05) is 0 Å². The van der Waals surface area contributed by atoms with Gasteiger partial charge >= 0.3 is 6.18 Å². The second kappa shape index (κ2) is 6.17. The highest BCUT2D eigenvalue weighted by atomic mass is 19.4. The van der Waals surface area contributed by atoms with Crippen molar-refractivity contribution in [3.8, 4) is 23.5 Å². The Balaban J connectivity index is 1.63. The van der Waals surface area contributed by atoms with Crippen LogP contribution in [0.25, 0.3) is 5.69 Å². The number of alkyl halides is 3. The molecule has 1 aliphatic carbocycles. The van der Waals surface area contributed by atoms with E-state index in [1.54, 1.807) is 13.8 Å². The zero-order valence-electron chi connectivity index (χ0n) is 17.0. The summed E-state index contributed by atoms with van der Waals surface area (Å²) in [4.78, 5) is 0. The molecule has 1 aromatic carbocycles. The molecule has 2 aromatic rings. The molecule has 31 heavy (non-hydrogen) atoms. The number of nitriles is 1. The summed E-state index contributed by atoms with van der Waals surface area (Å²) in [7, 11) is 0. The zero-order valence-corrected chi connectivity index (χ0v) is 17.0. The third-order valence-electron chi connectivity index (χ3n) is 6.69. The van der Waals surface area contributed by atoms with Crippen molar-refractivity contribution >= 4 is 0 Å². The molecule has 1 aromatic heterocycles. The molecule has 6 nitrogen and oxygen atoms in total. The van der Waals surface area contributed by atoms with Crippen molar-refractivity contribution in [3.05, 3.63) is 40.5 Å². The SMILES string of the molecule is C[C@@]12O[C@@](C)(C[C@H]1OCC1CC1)c1c2c(O)n(-c2ccc(C#N)c(C(F)(F)F)c2)c1O. The van der Waals surface area contributed by atoms with Crippen molar-refractivity contribution in [3.63, 3.8) is 0 Å². The van der Waals surface area contributed by atoms with E-state index in [4.69, 9.17) is 14.7 Å². The van der Waals surface area contributed by atoms with Gasteiger partial charge in [0, 0.05) is 13.0 Å². The lowest BCUT2D eigenvalue weighted by Crippen LogP contribution is -2.36. The van der Waals surface area contributed by atoms with Crippen LogP contribution in [0, 0.1) is 17.2 Å². The Morgan fingerprint density at radius 3 is 2.52 bits per heavy atom. The average Bonchev–Trinajstić information content (AvgIpc) is 3.36. The predicted octanol–water partition coefficient (Wildman–Crippen LogP) is 4.44. The normalized spacial score (nSPS) is 29.2. The summed E-state index contributed by atoms with van der Waals surface area (Å²) in [5, 5.41) is 31.0. The van der Waals surface area contributed by atoms with Crippen molar-refractivity contribution in [1.29, 1.82) is 5.26 Å². The average molecular weight is 434 g/mol. The smallest absolute Gasteiger partial charge is 0.417 e. The molecule has 2 N–H and O–H groups in total. The Labute approximate surface area is 176 Å². The molecule has 9 heteroatoms. The summed E-state index contributed by atoms with van der Waals surface area (Å²) in [5.74, 6) is -0.241. The fourth-order valence-corrected chi connectivity index (χ4v) is 5.01. The molecular formula is C22H21F3N2O4. The lowest BCUT2D eigenvalue weighted by atomic mass is 9.78. The van der Waals surface area contributed by atoms with Gasteiger partial charge in [0.15, 0.2) is 0 Å². The van der Waals surface area contributed by atoms with Gasteiger partial charge < -0.3 is 19.7 Å². The number of fused-ring (bicyclic) bond motifs is 5. The number of hydrogen-bond donors (Lipinski definition) is 2. The van der Waals surface area contributed by atoms with E-state index in [2.05, 4.69) is 0 Å². The highest BCUT2D eigenvalue weighted by molar-refractivity contribution is 5.62. The van der Waals surface area contributed by atoms with Gasteiger partial charge in [-0.15, -0.1) is 0 Å². The first-order valence-corrected chi connectivity index (χ1v) is 10.1. The van der Waals surface area contributed by atoms with E-state index in [1.807, 2.05) is 0 Å². The summed E-state index contributed by atoms with van der Waals surface area (Å²) in [5.41, 5.74) is -3.06. The van der Waals surface area contributed by atoms with Crippen LogP contribution in [-0.2, 0) is 26.9 Å². The van der Waals surface area contributed by atoms with Crippen LogP contribution < -0.4 is 0 Å². The van der Waals surface area contributed by atoms with Crippen LogP contribution in [0.15, 0.2) is 18.2 Å². The zero-order chi connectivity index (χ0) is 22.3. The van der Waals surface area contributed by atoms with E-state index >= 15 is 0 Å². The minimum atomic E-state index is -4.76. The van der Waals surface area contributed by atoms with Crippen LogP contribution >= 0.6 is 0 Å². The second-order valence-corrected chi connectivity index (χ2v) is 8.98. The quantitative estimate of drug-likeness (QED) is 0.743. The number of hydrogen-bond acceptors (Lipinski definition) is 5. The highest BCUT2D eigenvalue weighted by Crippen LogP contribution is 2.65. The summed E-state index contributed by atoms with van der Waals surface area (Å²) in [6.45, 7) is 4.14. The van der Waals surface area contributed by atoms with Gasteiger partial charge in [0.2, 0.25) is 11.8 Å². The summed E-state index contributed by atoms with van der Waals surface area (Å²) >= 11 is 0. The maximum atomic E-state index is 13.4. The van der Waals surface area contributed by atoms with Gasteiger partial charge in [0.05, 0.1) is 45.7 Å². The first-order valence-electron chi connectivity index (χ1n) is 10.1. The first-order chi connectivity index (χ1) is 14.5. The van der Waals surface area contributed by atoms with E-state index in [9.17, 15) is 23.4 Å². The number of benzene rings is 1. The number of rotatable bonds is 4. The molecule has 0 radical (unpaired) electrons. The monoisotopic (exact) mass is 434 g/mol. The first kappa shape index (κ1) is 20.2.